The van der Waals surface area contributed by atoms with Crippen LogP contribution in [-0.4, -0.2) is 25.4 Å². The molecule has 9 heavy (non-hydrogen) atoms. The molecule has 0 N–H and O–H groups in total. The van der Waals surface area contributed by atoms with Crippen molar-refractivity contribution in [3.63, 3.8) is 0 Å². The van der Waals surface area contributed by atoms with Gasteiger partial charge in [0.05, 0.1) is 12.7 Å². The first-order valence-corrected chi connectivity index (χ1v) is 3.37. The van der Waals surface area contributed by atoms with Crippen molar-refractivity contribution in [2.75, 3.05) is 13.2 Å². The minimum atomic E-state index is 0.372. The van der Waals surface area contributed by atoms with Crippen molar-refractivity contribution in [1.29, 1.82) is 0 Å². The summed E-state index contributed by atoms with van der Waals surface area (Å²) >= 11 is 0. The van der Waals surface area contributed by atoms with Crippen LogP contribution in [0.2, 0.25) is 0 Å². The van der Waals surface area contributed by atoms with Crippen molar-refractivity contribution >= 4 is 0 Å². The lowest BCUT2D eigenvalue weighted by molar-refractivity contribution is 0.120. The third-order valence-corrected chi connectivity index (χ3v) is 1.41. The molecule has 2 atom stereocenters. The summed E-state index contributed by atoms with van der Waals surface area (Å²) in [6, 6.07) is 0. The predicted octanol–water partition coefficient (Wildman–Crippen LogP) is 1.01. The fourth-order valence-corrected chi connectivity index (χ4v) is 0.707. The second kappa shape index (κ2) is 3.18. The fourth-order valence-electron chi connectivity index (χ4n) is 0.707. The highest BCUT2D eigenvalue weighted by Crippen LogP contribution is 2.20. The van der Waals surface area contributed by atoms with Crippen LogP contribution in [0.25, 0.3) is 0 Å². The first-order valence-electron chi connectivity index (χ1n) is 3.37. The molecule has 0 spiro atoms. The molecular formula is C7H13O2. The highest BCUT2D eigenvalue weighted by molar-refractivity contribution is 4.79. The number of epoxide rings is 1. The van der Waals surface area contributed by atoms with Crippen LogP contribution < -0.4 is 0 Å². The maximum Gasteiger partial charge on any atom is 0.107 e. The van der Waals surface area contributed by atoms with E-state index in [1.807, 2.05) is 0 Å². The normalized spacial score (nSPS) is 32.7. The molecule has 1 heterocycles. The third kappa shape index (κ3) is 2.33. The van der Waals surface area contributed by atoms with Crippen molar-refractivity contribution < 1.29 is 9.47 Å². The minimum Gasteiger partial charge on any atom is -0.379 e. The van der Waals surface area contributed by atoms with Gasteiger partial charge in [-0.1, -0.05) is 6.92 Å². The zero-order valence-corrected chi connectivity index (χ0v) is 5.80. The summed E-state index contributed by atoms with van der Waals surface area (Å²) in [5.74, 6) is 0. The summed E-state index contributed by atoms with van der Waals surface area (Å²) in [7, 11) is 0. The quantitative estimate of drug-likeness (QED) is 0.417. The maximum absolute atomic E-state index is 5.19. The van der Waals surface area contributed by atoms with Crippen molar-refractivity contribution in [1.82, 2.24) is 0 Å². The van der Waals surface area contributed by atoms with E-state index < -0.39 is 0 Å². The second-order valence-corrected chi connectivity index (χ2v) is 2.31. The van der Waals surface area contributed by atoms with E-state index in [1.165, 1.54) is 0 Å². The van der Waals surface area contributed by atoms with Crippen LogP contribution in [0.1, 0.15) is 13.3 Å². The summed E-state index contributed by atoms with van der Waals surface area (Å²) in [6.45, 7) is 7.21. The Morgan fingerprint density at radius 1 is 1.67 bits per heavy atom. The molecule has 1 saturated heterocycles. The Morgan fingerprint density at radius 2 is 2.33 bits per heavy atom. The van der Waals surface area contributed by atoms with Gasteiger partial charge in [0, 0.05) is 6.61 Å². The van der Waals surface area contributed by atoms with E-state index in [0.717, 1.165) is 19.6 Å². The zero-order chi connectivity index (χ0) is 6.69. The lowest BCUT2D eigenvalue weighted by Crippen LogP contribution is -2.03. The summed E-state index contributed by atoms with van der Waals surface area (Å²) < 4.78 is 10.3. The van der Waals surface area contributed by atoms with Crippen LogP contribution in [0.4, 0.5) is 0 Å². The van der Waals surface area contributed by atoms with Crippen LogP contribution in [0.3, 0.4) is 0 Å². The first kappa shape index (κ1) is 7.03. The molecule has 53 valence electrons. The minimum absolute atomic E-state index is 0.372. The lowest BCUT2D eigenvalue weighted by Gasteiger charge is -1.95. The summed E-state index contributed by atoms with van der Waals surface area (Å²) in [5.41, 5.74) is 0. The largest absolute Gasteiger partial charge is 0.379 e. The Hall–Kier alpha value is -0.0800. The summed E-state index contributed by atoms with van der Waals surface area (Å²) in [6.07, 6.45) is 1.65. The second-order valence-electron chi connectivity index (χ2n) is 2.31. The van der Waals surface area contributed by atoms with Gasteiger partial charge in [-0.05, 0) is 13.3 Å². The molecule has 2 heteroatoms. The van der Waals surface area contributed by atoms with Gasteiger partial charge >= 0.3 is 0 Å². The highest BCUT2D eigenvalue weighted by Gasteiger charge is 2.33. The molecule has 2 nitrogen and oxygen atoms in total. The number of hydrogen-bond acceptors (Lipinski definition) is 2. The van der Waals surface area contributed by atoms with Crippen molar-refractivity contribution in [2.24, 2.45) is 0 Å². The number of rotatable bonds is 4. The molecule has 1 aliphatic heterocycles. The van der Waals surface area contributed by atoms with Crippen molar-refractivity contribution in [3.05, 3.63) is 6.92 Å². The molecular weight excluding hydrogens is 116 g/mol. The average Bonchev–Trinajstić information content (AvgIpc) is 2.48. The molecule has 0 aromatic rings. The maximum atomic E-state index is 5.19. The summed E-state index contributed by atoms with van der Waals surface area (Å²) in [4.78, 5) is 0. The topological polar surface area (TPSA) is 21.8 Å². The van der Waals surface area contributed by atoms with E-state index >= 15 is 0 Å². The van der Waals surface area contributed by atoms with Crippen molar-refractivity contribution in [2.45, 2.75) is 25.6 Å². The van der Waals surface area contributed by atoms with Gasteiger partial charge in [0.2, 0.25) is 0 Å². The van der Waals surface area contributed by atoms with Gasteiger partial charge in [0.25, 0.3) is 0 Å². The van der Waals surface area contributed by atoms with E-state index in [-0.39, 0.29) is 0 Å². The van der Waals surface area contributed by atoms with Gasteiger partial charge < -0.3 is 9.47 Å². The Labute approximate surface area is 56.2 Å². The van der Waals surface area contributed by atoms with Crippen LogP contribution >= 0.6 is 0 Å². The van der Waals surface area contributed by atoms with E-state index in [2.05, 4.69) is 13.8 Å². The first-order chi connectivity index (χ1) is 4.34. The van der Waals surface area contributed by atoms with Crippen LogP contribution in [-0.2, 0) is 9.47 Å². The molecule has 0 aliphatic carbocycles. The third-order valence-electron chi connectivity index (χ3n) is 1.41. The standard InChI is InChI=1S/C7H13O2/c1-3-4-8-5-7-6(2)9-7/h6-7H,1,3-5H2,2H3. The van der Waals surface area contributed by atoms with Crippen molar-refractivity contribution in [3.8, 4) is 0 Å². The zero-order valence-electron chi connectivity index (χ0n) is 5.80. The molecule has 1 fully saturated rings. The van der Waals surface area contributed by atoms with Gasteiger partial charge in [-0.2, -0.15) is 0 Å². The number of hydrogen-bond donors (Lipinski definition) is 0. The van der Waals surface area contributed by atoms with Gasteiger partial charge in [-0.25, -0.2) is 0 Å². The predicted molar refractivity (Wildman–Crippen MR) is 35.1 cm³/mol. The van der Waals surface area contributed by atoms with Gasteiger partial charge in [-0.15, -0.1) is 0 Å². The molecule has 2 unspecified atom stereocenters. The van der Waals surface area contributed by atoms with E-state index in [4.69, 9.17) is 9.47 Å². The molecule has 1 radical (unpaired) electrons. The van der Waals surface area contributed by atoms with E-state index in [9.17, 15) is 0 Å². The smallest absolute Gasteiger partial charge is 0.107 e. The molecule has 0 saturated carbocycles. The molecule has 0 amide bonds. The Morgan fingerprint density at radius 3 is 2.78 bits per heavy atom. The van der Waals surface area contributed by atoms with Gasteiger partial charge in [0.15, 0.2) is 0 Å². The van der Waals surface area contributed by atoms with Crippen LogP contribution in [0.5, 0.6) is 0 Å². The molecule has 1 aliphatic rings. The SMILES string of the molecule is [CH2]CCOCC1OC1C. The number of ether oxygens (including phenoxy) is 2. The molecule has 0 aromatic heterocycles. The highest BCUT2D eigenvalue weighted by atomic mass is 16.6. The Kier molecular flexibility index (Phi) is 2.49. The van der Waals surface area contributed by atoms with E-state index in [0.29, 0.717) is 12.2 Å². The monoisotopic (exact) mass is 129 g/mol. The van der Waals surface area contributed by atoms with E-state index in [1.54, 1.807) is 0 Å². The Bertz CT molecular complexity index is 83.0. The molecule has 0 bridgehead atoms. The van der Waals surface area contributed by atoms with Gasteiger partial charge in [0.1, 0.15) is 6.10 Å². The van der Waals surface area contributed by atoms with Crippen LogP contribution in [0, 0.1) is 6.92 Å². The van der Waals surface area contributed by atoms with Crippen LogP contribution in [0.15, 0.2) is 0 Å². The Balaban J connectivity index is 1.83. The lowest BCUT2D eigenvalue weighted by atomic mass is 10.4. The average molecular weight is 129 g/mol. The molecule has 1 rings (SSSR count). The van der Waals surface area contributed by atoms with Gasteiger partial charge in [-0.3, -0.25) is 0 Å². The summed E-state index contributed by atoms with van der Waals surface area (Å²) in [5, 5.41) is 0. The molecule has 0 aromatic carbocycles. The fraction of sp³-hybridized carbons (Fsp3) is 0.857.